The third-order valence-electron chi connectivity index (χ3n) is 9.23. The number of ether oxygens (including phenoxy) is 3. The van der Waals surface area contributed by atoms with E-state index >= 15 is 8.78 Å². The first-order valence-corrected chi connectivity index (χ1v) is 12.0. The number of hydrogen-bond acceptors (Lipinski definition) is 7. The van der Waals surface area contributed by atoms with Crippen molar-refractivity contribution in [2.24, 2.45) is 22.7 Å². The molecule has 0 aromatic carbocycles. The first kappa shape index (κ1) is 22.2. The first-order chi connectivity index (χ1) is 17.0. The Morgan fingerprint density at radius 1 is 1.26 bits per heavy atom. The Hall–Kier alpha value is -1.97. The molecule has 35 heavy (non-hydrogen) atoms. The first-order valence-electron chi connectivity index (χ1n) is 13.0. The summed E-state index contributed by atoms with van der Waals surface area (Å²) < 4.78 is 67.2. The van der Waals surface area contributed by atoms with E-state index in [1.165, 1.54) is 6.92 Å². The molecule has 0 aromatic rings. The number of esters is 1. The molecule has 9 heteroatoms. The molecule has 0 spiro atoms. The number of fused-ring (bicyclic) bond motifs is 7. The van der Waals surface area contributed by atoms with Gasteiger partial charge in [-0.15, -0.1) is 0 Å². The molecule has 0 unspecified atom stereocenters. The van der Waals surface area contributed by atoms with Crippen LogP contribution < -0.4 is 0 Å². The highest BCUT2D eigenvalue weighted by Crippen LogP contribution is 2.72. The zero-order chi connectivity index (χ0) is 27.5. The van der Waals surface area contributed by atoms with Crippen molar-refractivity contribution in [2.75, 3.05) is 6.61 Å². The molecule has 9 atom stereocenters. The lowest BCUT2D eigenvalue weighted by atomic mass is 9.44. The second kappa shape index (κ2) is 7.29. The number of aliphatic hydroxyl groups is 1. The number of aliphatic hydroxyl groups excluding tert-OH is 1. The van der Waals surface area contributed by atoms with E-state index in [0.29, 0.717) is 0 Å². The van der Waals surface area contributed by atoms with Crippen molar-refractivity contribution in [3.8, 4) is 0 Å². The van der Waals surface area contributed by atoms with Crippen molar-refractivity contribution in [3.63, 3.8) is 0 Å². The fourth-order valence-corrected chi connectivity index (χ4v) is 7.89. The average molecular weight is 499 g/mol. The fraction of sp³-hybridized carbons (Fsp3) is 0.731. The van der Waals surface area contributed by atoms with Crippen LogP contribution in [0.1, 0.15) is 56.6 Å². The molecule has 3 saturated carbocycles. The molecule has 4 aliphatic carbocycles. The Morgan fingerprint density at radius 2 is 1.94 bits per heavy atom. The van der Waals surface area contributed by atoms with Gasteiger partial charge in [0.2, 0.25) is 5.78 Å². The summed E-state index contributed by atoms with van der Waals surface area (Å²) in [6, 6.07) is -1.40. The molecule has 7 nitrogen and oxygen atoms in total. The number of rotatable bonds is 3. The molecule has 5 rings (SSSR count). The van der Waals surface area contributed by atoms with Gasteiger partial charge in [0.25, 0.3) is 0 Å². The zero-order valence-electron chi connectivity index (χ0n) is 22.4. The Bertz CT molecular complexity index is 1170. The van der Waals surface area contributed by atoms with Gasteiger partial charge in [-0.3, -0.25) is 14.4 Å². The van der Waals surface area contributed by atoms with Gasteiger partial charge in [-0.25, -0.2) is 8.78 Å². The summed E-state index contributed by atoms with van der Waals surface area (Å²) in [6.07, 6.45) is -4.12. The molecular formula is C26H32F2O7. The van der Waals surface area contributed by atoms with Crippen LogP contribution in [0.4, 0.5) is 8.78 Å². The van der Waals surface area contributed by atoms with E-state index < -0.39 is 94.3 Å². The maximum atomic E-state index is 17.5. The van der Waals surface area contributed by atoms with E-state index in [1.807, 2.05) is 0 Å². The second-order valence-electron chi connectivity index (χ2n) is 11.4. The molecular weight excluding hydrogens is 462 g/mol. The maximum Gasteiger partial charge on any atom is 0.303 e. The molecule has 0 aromatic heterocycles. The minimum Gasteiger partial charge on any atom is -0.458 e. The van der Waals surface area contributed by atoms with E-state index in [1.54, 1.807) is 20.8 Å². The predicted molar refractivity (Wildman–Crippen MR) is 118 cm³/mol. The van der Waals surface area contributed by atoms with Crippen LogP contribution in [0, 0.1) is 22.7 Å². The third-order valence-corrected chi connectivity index (χ3v) is 9.23. The molecule has 5 aliphatic rings. The molecule has 1 heterocycles. The zero-order valence-corrected chi connectivity index (χ0v) is 20.4. The van der Waals surface area contributed by atoms with Crippen LogP contribution in [0.2, 0.25) is 0 Å². The van der Waals surface area contributed by atoms with Crippen LogP contribution in [0.5, 0.6) is 0 Å². The van der Waals surface area contributed by atoms with Crippen LogP contribution in [-0.2, 0) is 28.6 Å². The number of ketones is 2. The van der Waals surface area contributed by atoms with Gasteiger partial charge in [0.15, 0.2) is 29.4 Å². The van der Waals surface area contributed by atoms with Crippen molar-refractivity contribution in [1.29, 1.82) is 0 Å². The van der Waals surface area contributed by atoms with E-state index in [-0.39, 0.29) is 24.8 Å². The molecule has 0 radical (unpaired) electrons. The smallest absolute Gasteiger partial charge is 0.303 e. The topological polar surface area (TPSA) is 99.1 Å². The summed E-state index contributed by atoms with van der Waals surface area (Å²) in [5, 5.41) is 11.5. The van der Waals surface area contributed by atoms with Gasteiger partial charge in [0, 0.05) is 23.7 Å². The number of hydrogen-bond donors (Lipinski definition) is 1. The normalized spacial score (nSPS) is 50.8. The SMILES string of the molecule is [3H]C1=C([3H])[C@@]2(C)C(=CC1=O)[C@@H](F)C[C@H]1[C@@H]3C[C@H]4OC(C)(C)O[C@@]4(C(=O)COC(C)=O)[C@@]3(C)C[C@H](O)[C@@]12F. The number of carbonyl (C=O) groups is 3. The molecule has 0 bridgehead atoms. The summed E-state index contributed by atoms with van der Waals surface area (Å²) in [5.74, 6) is -5.22. The number of halogens is 2. The highest BCUT2D eigenvalue weighted by atomic mass is 19.1. The standard InChI is InChI=1S/C26H32F2O7/c1-13(29)33-12-20(32)26-21(34-22(2,3)35-26)10-15-16-9-18(27)17-8-14(30)6-7-23(17,4)25(16,28)19(31)11-24(15,26)5/h6-8,15-16,18-19,21,31H,9-12H2,1-5H3/t15-,16-,18-,19-,21+,23-,24-,25-,26+/m0/s1/i6T,7T. The Morgan fingerprint density at radius 3 is 2.60 bits per heavy atom. The predicted octanol–water partition coefficient (Wildman–Crippen LogP) is 2.94. The summed E-state index contributed by atoms with van der Waals surface area (Å²) in [6.45, 7) is 6.79. The Labute approximate surface area is 205 Å². The lowest BCUT2D eigenvalue weighted by Crippen LogP contribution is -2.71. The Kier molecular flexibility index (Phi) is 4.64. The molecule has 4 fully saturated rings. The highest BCUT2D eigenvalue weighted by molar-refractivity contribution is 6.01. The van der Waals surface area contributed by atoms with Gasteiger partial charge >= 0.3 is 5.97 Å². The van der Waals surface area contributed by atoms with E-state index in [4.69, 9.17) is 17.0 Å². The largest absolute Gasteiger partial charge is 0.458 e. The number of alkyl halides is 2. The van der Waals surface area contributed by atoms with Crippen LogP contribution in [-0.4, -0.2) is 64.7 Å². The molecule has 1 N–H and O–H groups in total. The van der Waals surface area contributed by atoms with Crippen LogP contribution >= 0.6 is 0 Å². The van der Waals surface area contributed by atoms with Crippen LogP contribution in [0.3, 0.4) is 0 Å². The van der Waals surface area contributed by atoms with Gasteiger partial charge < -0.3 is 19.3 Å². The van der Waals surface area contributed by atoms with Crippen LogP contribution in [0.25, 0.3) is 0 Å². The lowest BCUT2D eigenvalue weighted by Gasteiger charge is -2.63. The highest BCUT2D eigenvalue weighted by Gasteiger charge is 2.80. The minimum atomic E-state index is -2.59. The van der Waals surface area contributed by atoms with Gasteiger partial charge in [-0.2, -0.15) is 0 Å². The molecule has 192 valence electrons. The van der Waals surface area contributed by atoms with Crippen molar-refractivity contribution < 1.29 is 45.2 Å². The van der Waals surface area contributed by atoms with Crippen molar-refractivity contribution in [3.05, 3.63) is 23.8 Å². The summed E-state index contributed by atoms with van der Waals surface area (Å²) in [4.78, 5) is 37.4. The summed E-state index contributed by atoms with van der Waals surface area (Å²) in [7, 11) is 0. The van der Waals surface area contributed by atoms with Gasteiger partial charge in [0.1, 0.15) is 6.17 Å². The van der Waals surface area contributed by atoms with E-state index in [0.717, 1.165) is 13.0 Å². The average Bonchev–Trinajstić information content (AvgIpc) is 3.21. The van der Waals surface area contributed by atoms with E-state index in [2.05, 4.69) is 0 Å². The summed E-state index contributed by atoms with van der Waals surface area (Å²) in [5.41, 5.74) is -7.81. The second-order valence-corrected chi connectivity index (χ2v) is 11.4. The lowest BCUT2D eigenvalue weighted by molar-refractivity contribution is -0.249. The van der Waals surface area contributed by atoms with Gasteiger partial charge in [-0.05, 0) is 63.7 Å². The number of allylic oxidation sites excluding steroid dienone is 4. The van der Waals surface area contributed by atoms with Crippen molar-refractivity contribution in [2.45, 2.75) is 89.3 Å². The Balaban J connectivity index is 1.65. The third kappa shape index (κ3) is 2.95. The number of carbonyl (C=O) groups excluding carboxylic acids is 3. The monoisotopic (exact) mass is 498 g/mol. The summed E-state index contributed by atoms with van der Waals surface area (Å²) >= 11 is 0. The molecule has 1 saturated heterocycles. The van der Waals surface area contributed by atoms with Crippen molar-refractivity contribution >= 4 is 17.5 Å². The van der Waals surface area contributed by atoms with Gasteiger partial charge in [-0.1, -0.05) is 13.0 Å². The van der Waals surface area contributed by atoms with Gasteiger partial charge in [0.05, 0.1) is 14.9 Å². The van der Waals surface area contributed by atoms with Crippen LogP contribution in [0.15, 0.2) is 23.8 Å². The molecule has 1 aliphatic heterocycles. The van der Waals surface area contributed by atoms with E-state index in [9.17, 15) is 19.5 Å². The van der Waals surface area contributed by atoms with Crippen molar-refractivity contribution in [1.82, 2.24) is 0 Å². The minimum absolute atomic E-state index is 0.111. The quantitative estimate of drug-likeness (QED) is 0.598. The maximum absolute atomic E-state index is 17.5. The molecule has 0 amide bonds. The fourth-order valence-electron chi connectivity index (χ4n) is 7.89. The number of Topliss-reactive ketones (excluding diaryl/α,β-unsaturated/α-hetero) is 1.